The van der Waals surface area contributed by atoms with Gasteiger partial charge in [-0.3, -0.25) is 0 Å². The Kier molecular flexibility index (Phi) is 11.3. The van der Waals surface area contributed by atoms with Crippen molar-refractivity contribution < 1.29 is 0 Å². The largest absolute Gasteiger partial charge is 0.147 e. The second-order valence-electron chi connectivity index (χ2n) is 15.7. The molecule has 2 heterocycles. The van der Waals surface area contributed by atoms with E-state index >= 15 is 0 Å². The highest BCUT2D eigenvalue weighted by Gasteiger charge is 2.55. The lowest BCUT2D eigenvalue weighted by atomic mass is 9.95. The number of hydrogen-bond acceptors (Lipinski definition) is 4. The molecular formula is C36H58S4Si2. The van der Waals surface area contributed by atoms with Crippen molar-refractivity contribution in [1.29, 1.82) is 0 Å². The van der Waals surface area contributed by atoms with E-state index in [9.17, 15) is 0 Å². The monoisotopic (exact) mass is 674 g/mol. The van der Waals surface area contributed by atoms with Crippen molar-refractivity contribution in [3.63, 3.8) is 0 Å². The Labute approximate surface area is 278 Å². The third-order valence-electron chi connectivity index (χ3n) is 11.3. The van der Waals surface area contributed by atoms with Crippen molar-refractivity contribution in [2.45, 2.75) is 124 Å². The molecule has 4 rings (SSSR count). The summed E-state index contributed by atoms with van der Waals surface area (Å²) in [4.78, 5) is 0. The second-order valence-corrected chi connectivity index (χ2v) is 34.5. The predicted octanol–water partition coefficient (Wildman–Crippen LogP) is 11.8. The molecule has 42 heavy (non-hydrogen) atoms. The fraction of sp³-hybridized carbons (Fsp3) is 0.667. The standard InChI is InChI=1S/C36H58S4Si2/c1-33(2,3)41(7,8)35(37-23-15-24-38-35)27-31-19-13-11-17-29(31)21-22-30-18-12-14-20-32(30)28-36(39-25-16-26-40-36)42(9,10)34(4,5)6/h11-14,17-20H,15-16,21-28H2,1-10H3. The molecule has 0 aromatic heterocycles. The van der Waals surface area contributed by atoms with Crippen molar-refractivity contribution in [2.75, 3.05) is 23.0 Å². The number of hydrogen-bond donors (Lipinski definition) is 0. The second kappa shape index (κ2) is 13.6. The zero-order chi connectivity index (χ0) is 30.9. The summed E-state index contributed by atoms with van der Waals surface area (Å²) in [5.74, 6) is 5.28. The molecule has 234 valence electrons. The molecule has 0 nitrogen and oxygen atoms in total. The van der Waals surface area contributed by atoms with Crippen LogP contribution in [0.15, 0.2) is 48.5 Å². The molecule has 0 aliphatic carbocycles. The first-order chi connectivity index (χ1) is 19.6. The maximum absolute atomic E-state index is 2.68. The van der Waals surface area contributed by atoms with E-state index in [1.165, 1.54) is 48.7 Å². The Morgan fingerprint density at radius 2 is 0.810 bits per heavy atom. The first-order valence-corrected chi connectivity index (χ1v) is 26.2. The molecule has 0 saturated carbocycles. The topological polar surface area (TPSA) is 0 Å². The number of benzene rings is 2. The summed E-state index contributed by atoms with van der Waals surface area (Å²) in [6, 6.07) is 19.0. The maximum Gasteiger partial charge on any atom is 0.0839 e. The average molecular weight is 675 g/mol. The van der Waals surface area contributed by atoms with E-state index in [0.29, 0.717) is 17.5 Å². The van der Waals surface area contributed by atoms with E-state index in [1.807, 2.05) is 0 Å². The van der Waals surface area contributed by atoms with Crippen LogP contribution in [0.3, 0.4) is 0 Å². The molecule has 0 atom stereocenters. The van der Waals surface area contributed by atoms with Gasteiger partial charge in [0.15, 0.2) is 0 Å². The summed E-state index contributed by atoms with van der Waals surface area (Å²) >= 11 is 9.25. The molecule has 2 fully saturated rings. The molecule has 6 heteroatoms. The Morgan fingerprint density at radius 1 is 0.524 bits per heavy atom. The zero-order valence-electron chi connectivity index (χ0n) is 28.3. The Hall–Kier alpha value is 0.274. The van der Waals surface area contributed by atoms with Gasteiger partial charge in [-0.15, -0.1) is 47.0 Å². The third kappa shape index (κ3) is 7.14. The van der Waals surface area contributed by atoms with Crippen LogP contribution in [0.1, 0.15) is 76.6 Å². The summed E-state index contributed by atoms with van der Waals surface area (Å²) in [7, 11) is -3.20. The van der Waals surface area contributed by atoms with E-state index < -0.39 is 16.1 Å². The van der Waals surface area contributed by atoms with Gasteiger partial charge in [0.05, 0.1) is 23.6 Å². The molecule has 0 radical (unpaired) electrons. The molecule has 0 N–H and O–H groups in total. The Morgan fingerprint density at radius 3 is 1.10 bits per heavy atom. The average Bonchev–Trinajstić information content (AvgIpc) is 2.93. The Balaban J connectivity index is 1.61. The molecule has 2 aromatic carbocycles. The van der Waals surface area contributed by atoms with Crippen LogP contribution in [0.4, 0.5) is 0 Å². The van der Waals surface area contributed by atoms with Crippen LogP contribution in [-0.2, 0) is 25.7 Å². The van der Waals surface area contributed by atoms with E-state index in [2.05, 4.69) is 163 Å². The van der Waals surface area contributed by atoms with Crippen LogP contribution in [0.5, 0.6) is 0 Å². The van der Waals surface area contributed by atoms with Gasteiger partial charge < -0.3 is 0 Å². The molecule has 0 amide bonds. The lowest BCUT2D eigenvalue weighted by molar-refractivity contribution is 0.697. The summed E-state index contributed by atoms with van der Waals surface area (Å²) < 4.78 is 0.699. The van der Waals surface area contributed by atoms with Gasteiger partial charge in [0.2, 0.25) is 0 Å². The number of aryl methyl sites for hydroxylation is 2. The van der Waals surface area contributed by atoms with Gasteiger partial charge in [-0.2, -0.15) is 0 Å². The van der Waals surface area contributed by atoms with Crippen molar-refractivity contribution in [1.82, 2.24) is 0 Å². The third-order valence-corrected chi connectivity index (χ3v) is 36.7. The minimum absolute atomic E-state index is 0.350. The molecule has 2 aliphatic rings. The fourth-order valence-electron chi connectivity index (χ4n) is 6.38. The predicted molar refractivity (Wildman–Crippen MR) is 207 cm³/mol. The van der Waals surface area contributed by atoms with Crippen LogP contribution in [0, 0.1) is 0 Å². The molecular weight excluding hydrogens is 617 g/mol. The maximum atomic E-state index is 2.68. The number of rotatable bonds is 9. The normalized spacial score (nSPS) is 20.0. The van der Waals surface area contributed by atoms with Gasteiger partial charge >= 0.3 is 0 Å². The van der Waals surface area contributed by atoms with Gasteiger partial charge in [-0.05, 0) is 93.9 Å². The number of thioether (sulfide) groups is 4. The van der Waals surface area contributed by atoms with Gasteiger partial charge in [-0.25, -0.2) is 0 Å². The van der Waals surface area contributed by atoms with Crippen LogP contribution < -0.4 is 0 Å². The van der Waals surface area contributed by atoms with Crippen molar-refractivity contribution in [3.8, 4) is 0 Å². The molecule has 0 spiro atoms. The van der Waals surface area contributed by atoms with Gasteiger partial charge in [0.25, 0.3) is 0 Å². The van der Waals surface area contributed by atoms with E-state index in [1.54, 1.807) is 22.3 Å². The minimum atomic E-state index is -1.60. The summed E-state index contributed by atoms with van der Waals surface area (Å²) in [5, 5.41) is 0.765. The first kappa shape index (κ1) is 35.1. The van der Waals surface area contributed by atoms with Crippen molar-refractivity contribution in [2.24, 2.45) is 0 Å². The minimum Gasteiger partial charge on any atom is -0.147 e. The SMILES string of the molecule is CC(C)(C)[Si](C)(C)C1(Cc2ccccc2CCc2ccccc2CC2([Si](C)(C)C(C)(C)C)SCCCS2)SCCCS1. The lowest BCUT2D eigenvalue weighted by Gasteiger charge is -2.53. The highest BCUT2D eigenvalue weighted by atomic mass is 32.2. The molecule has 2 aliphatic heterocycles. The highest BCUT2D eigenvalue weighted by molar-refractivity contribution is 8.21. The van der Waals surface area contributed by atoms with Crippen LogP contribution in [0.2, 0.25) is 36.3 Å². The van der Waals surface area contributed by atoms with E-state index in [-0.39, 0.29) is 0 Å². The van der Waals surface area contributed by atoms with Gasteiger partial charge in [-0.1, -0.05) is 116 Å². The smallest absolute Gasteiger partial charge is 0.0839 e. The molecule has 2 aromatic rings. The van der Waals surface area contributed by atoms with E-state index in [4.69, 9.17) is 0 Å². The lowest BCUT2D eigenvalue weighted by Crippen LogP contribution is -2.58. The van der Waals surface area contributed by atoms with Crippen LogP contribution in [0.25, 0.3) is 0 Å². The van der Waals surface area contributed by atoms with E-state index in [0.717, 1.165) is 12.8 Å². The fourth-order valence-corrected chi connectivity index (χ4v) is 26.1. The Bertz CT molecular complexity index is 1090. The summed E-state index contributed by atoms with van der Waals surface area (Å²) in [6.45, 7) is 25.8. The van der Waals surface area contributed by atoms with Crippen molar-refractivity contribution >= 4 is 63.2 Å². The van der Waals surface area contributed by atoms with Crippen molar-refractivity contribution in [3.05, 3.63) is 70.8 Å². The molecule has 0 unspecified atom stereocenters. The quantitative estimate of drug-likeness (QED) is 0.243. The highest BCUT2D eigenvalue weighted by Crippen LogP contribution is 2.59. The summed E-state index contributed by atoms with van der Waals surface area (Å²) in [6.07, 6.45) is 7.44. The first-order valence-electron chi connectivity index (χ1n) is 16.2. The van der Waals surface area contributed by atoms with Crippen LogP contribution >= 0.6 is 47.0 Å². The van der Waals surface area contributed by atoms with Crippen LogP contribution in [-0.4, -0.2) is 46.6 Å². The van der Waals surface area contributed by atoms with Gasteiger partial charge in [0, 0.05) is 0 Å². The summed E-state index contributed by atoms with van der Waals surface area (Å²) in [5.41, 5.74) is 6.38. The molecule has 0 bridgehead atoms. The molecule has 2 saturated heterocycles. The zero-order valence-corrected chi connectivity index (χ0v) is 33.6. The van der Waals surface area contributed by atoms with Gasteiger partial charge in [0.1, 0.15) is 0 Å².